The molecule has 5 nitrogen and oxygen atoms in total. The van der Waals surface area contributed by atoms with E-state index in [4.69, 9.17) is 5.84 Å². The normalized spacial score (nSPS) is 13.0. The molecule has 1 aromatic carbocycles. The highest BCUT2D eigenvalue weighted by atomic mass is 19.1. The van der Waals surface area contributed by atoms with Crippen molar-refractivity contribution in [3.63, 3.8) is 0 Å². The van der Waals surface area contributed by atoms with E-state index < -0.39 is 6.17 Å². The van der Waals surface area contributed by atoms with Crippen LogP contribution in [0.15, 0.2) is 51.5 Å². The van der Waals surface area contributed by atoms with E-state index in [0.717, 1.165) is 5.56 Å². The summed E-state index contributed by atoms with van der Waals surface area (Å²) in [4.78, 5) is 0. The summed E-state index contributed by atoms with van der Waals surface area (Å²) in [5.74, 6) is 4.90. The number of rotatable bonds is 4. The van der Waals surface area contributed by atoms with Crippen LogP contribution in [-0.4, -0.2) is 5.16 Å². The van der Waals surface area contributed by atoms with Crippen molar-refractivity contribution >= 4 is 0 Å². The average molecular weight is 234 g/mol. The number of aromatic nitrogens is 1. The standard InChI is InChI=1S/C11H11FN4O/c12-11(10-5-6-17-15-10)9-3-1-8(2-4-9)7-14-16-13/h1-6,11H,7H2,(H2,13,14). The second-order valence-corrected chi connectivity index (χ2v) is 3.44. The summed E-state index contributed by atoms with van der Waals surface area (Å²) in [5.41, 5.74) is 1.70. The number of nitrogens with two attached hydrogens (primary N) is 1. The van der Waals surface area contributed by atoms with Crippen LogP contribution in [0.2, 0.25) is 0 Å². The zero-order valence-electron chi connectivity index (χ0n) is 8.95. The highest BCUT2D eigenvalue weighted by Gasteiger charge is 2.15. The van der Waals surface area contributed by atoms with Crippen LogP contribution in [0, 0.1) is 0 Å². The van der Waals surface area contributed by atoms with Gasteiger partial charge in [-0.3, -0.25) is 0 Å². The van der Waals surface area contributed by atoms with Crippen molar-refractivity contribution in [3.05, 3.63) is 53.4 Å². The van der Waals surface area contributed by atoms with Crippen molar-refractivity contribution in [3.8, 4) is 0 Å². The Hall–Kier alpha value is -2.24. The minimum Gasteiger partial charge on any atom is -0.364 e. The van der Waals surface area contributed by atoms with Gasteiger partial charge >= 0.3 is 0 Å². The van der Waals surface area contributed by atoms with Gasteiger partial charge in [-0.1, -0.05) is 34.6 Å². The third-order valence-electron chi connectivity index (χ3n) is 2.32. The molecule has 0 radical (unpaired) electrons. The van der Waals surface area contributed by atoms with Crippen LogP contribution in [0.1, 0.15) is 23.0 Å². The van der Waals surface area contributed by atoms with Crippen LogP contribution in [0.5, 0.6) is 0 Å². The van der Waals surface area contributed by atoms with E-state index in [-0.39, 0.29) is 5.69 Å². The van der Waals surface area contributed by atoms with Gasteiger partial charge in [0.05, 0.1) is 6.54 Å². The van der Waals surface area contributed by atoms with E-state index in [0.29, 0.717) is 12.1 Å². The van der Waals surface area contributed by atoms with Gasteiger partial charge in [-0.25, -0.2) is 4.39 Å². The second-order valence-electron chi connectivity index (χ2n) is 3.44. The second kappa shape index (κ2) is 5.20. The van der Waals surface area contributed by atoms with E-state index >= 15 is 0 Å². The Morgan fingerprint density at radius 3 is 2.65 bits per heavy atom. The molecule has 1 unspecified atom stereocenters. The zero-order chi connectivity index (χ0) is 12.1. The average Bonchev–Trinajstić information content (AvgIpc) is 2.90. The van der Waals surface area contributed by atoms with Gasteiger partial charge < -0.3 is 10.4 Å². The fourth-order valence-corrected chi connectivity index (χ4v) is 1.44. The summed E-state index contributed by atoms with van der Waals surface area (Å²) in [6.45, 7) is 0.387. The SMILES string of the molecule is NN=NCc1ccc(C(F)c2ccon2)cc1. The molecule has 0 fully saturated rings. The Balaban J connectivity index is 2.12. The van der Waals surface area contributed by atoms with Crippen molar-refractivity contribution < 1.29 is 8.91 Å². The summed E-state index contributed by atoms with van der Waals surface area (Å²) < 4.78 is 18.5. The van der Waals surface area contributed by atoms with Gasteiger partial charge in [-0.2, -0.15) is 5.11 Å². The Morgan fingerprint density at radius 2 is 2.06 bits per heavy atom. The van der Waals surface area contributed by atoms with E-state index in [1.54, 1.807) is 24.3 Å². The molecule has 0 aliphatic rings. The maximum absolute atomic E-state index is 13.9. The Kier molecular flexibility index (Phi) is 3.44. The first kappa shape index (κ1) is 11.3. The molecule has 0 aliphatic carbocycles. The predicted octanol–water partition coefficient (Wildman–Crippen LogP) is 2.56. The van der Waals surface area contributed by atoms with Gasteiger partial charge in [-0.05, 0) is 11.1 Å². The molecule has 0 saturated carbocycles. The number of benzene rings is 1. The topological polar surface area (TPSA) is 76.8 Å². The summed E-state index contributed by atoms with van der Waals surface area (Å²) in [6, 6.07) is 8.41. The molecule has 2 N–H and O–H groups in total. The fourth-order valence-electron chi connectivity index (χ4n) is 1.44. The Bertz CT molecular complexity index is 481. The number of hydrogen-bond donors (Lipinski definition) is 1. The Labute approximate surface area is 97.1 Å². The molecule has 0 aliphatic heterocycles. The highest BCUT2D eigenvalue weighted by Crippen LogP contribution is 2.24. The number of halogens is 1. The Morgan fingerprint density at radius 1 is 1.29 bits per heavy atom. The molecule has 0 amide bonds. The van der Waals surface area contributed by atoms with E-state index in [1.807, 2.05) is 0 Å². The van der Waals surface area contributed by atoms with Gasteiger partial charge in [-0.15, -0.1) is 0 Å². The lowest BCUT2D eigenvalue weighted by Crippen LogP contribution is -1.95. The van der Waals surface area contributed by atoms with Crippen LogP contribution in [0.3, 0.4) is 0 Å². The van der Waals surface area contributed by atoms with Gasteiger partial charge in [0.25, 0.3) is 0 Å². The molecule has 2 aromatic rings. The molecule has 1 aromatic heterocycles. The number of alkyl halides is 1. The van der Waals surface area contributed by atoms with Crippen LogP contribution in [0.25, 0.3) is 0 Å². The quantitative estimate of drug-likeness (QED) is 0.501. The molecular formula is C11H11FN4O. The summed E-state index contributed by atoms with van der Waals surface area (Å²) in [5, 5.41) is 10.4. The van der Waals surface area contributed by atoms with Crippen molar-refractivity contribution in [1.29, 1.82) is 0 Å². The van der Waals surface area contributed by atoms with Gasteiger partial charge in [0.15, 0.2) is 6.17 Å². The molecule has 17 heavy (non-hydrogen) atoms. The molecular weight excluding hydrogens is 223 g/mol. The highest BCUT2D eigenvalue weighted by molar-refractivity contribution is 5.28. The molecule has 1 heterocycles. The minimum atomic E-state index is -1.28. The molecule has 0 bridgehead atoms. The first-order chi connectivity index (χ1) is 8.31. The zero-order valence-corrected chi connectivity index (χ0v) is 8.95. The van der Waals surface area contributed by atoms with Crippen molar-refractivity contribution in [2.75, 3.05) is 0 Å². The van der Waals surface area contributed by atoms with Crippen LogP contribution in [-0.2, 0) is 6.54 Å². The third kappa shape index (κ3) is 2.66. The fraction of sp³-hybridized carbons (Fsp3) is 0.182. The molecule has 0 saturated heterocycles. The summed E-state index contributed by atoms with van der Waals surface area (Å²) in [6.07, 6.45) is 0.0664. The van der Waals surface area contributed by atoms with E-state index in [2.05, 4.69) is 20.0 Å². The van der Waals surface area contributed by atoms with Crippen molar-refractivity contribution in [1.82, 2.24) is 5.16 Å². The third-order valence-corrected chi connectivity index (χ3v) is 2.32. The van der Waals surface area contributed by atoms with E-state index in [1.165, 1.54) is 12.3 Å². The van der Waals surface area contributed by atoms with Gasteiger partial charge in [0.2, 0.25) is 0 Å². The van der Waals surface area contributed by atoms with Crippen molar-refractivity contribution in [2.45, 2.75) is 12.7 Å². The molecule has 88 valence electrons. The predicted molar refractivity (Wildman–Crippen MR) is 58.6 cm³/mol. The molecule has 2 rings (SSSR count). The number of nitrogens with zero attached hydrogens (tertiary/aromatic N) is 3. The minimum absolute atomic E-state index is 0.263. The molecule has 6 heteroatoms. The molecule has 1 atom stereocenters. The lowest BCUT2D eigenvalue weighted by atomic mass is 10.1. The number of hydrogen-bond acceptors (Lipinski definition) is 4. The lowest BCUT2D eigenvalue weighted by molar-refractivity contribution is 0.353. The lowest BCUT2D eigenvalue weighted by Gasteiger charge is -2.05. The maximum atomic E-state index is 13.9. The largest absolute Gasteiger partial charge is 0.364 e. The van der Waals surface area contributed by atoms with Crippen LogP contribution < -0.4 is 5.84 Å². The van der Waals surface area contributed by atoms with Gasteiger partial charge in [0, 0.05) is 6.07 Å². The smallest absolute Gasteiger partial charge is 0.170 e. The van der Waals surface area contributed by atoms with Crippen molar-refractivity contribution in [2.24, 2.45) is 16.2 Å². The van der Waals surface area contributed by atoms with E-state index in [9.17, 15) is 4.39 Å². The summed E-state index contributed by atoms with van der Waals surface area (Å²) >= 11 is 0. The van der Waals surface area contributed by atoms with Gasteiger partial charge in [0.1, 0.15) is 12.0 Å². The molecule has 0 spiro atoms. The summed E-state index contributed by atoms with van der Waals surface area (Å²) in [7, 11) is 0. The first-order valence-electron chi connectivity index (χ1n) is 5.01. The first-order valence-corrected chi connectivity index (χ1v) is 5.01. The monoisotopic (exact) mass is 234 g/mol. The van der Waals surface area contributed by atoms with Crippen LogP contribution in [0.4, 0.5) is 4.39 Å². The van der Waals surface area contributed by atoms with Crippen LogP contribution >= 0.6 is 0 Å². The maximum Gasteiger partial charge on any atom is 0.170 e.